The number of nitrogens with zero attached hydrogens (tertiary/aromatic N) is 1. The van der Waals surface area contributed by atoms with Gasteiger partial charge >= 0.3 is 0 Å². The molecule has 1 saturated heterocycles. The van der Waals surface area contributed by atoms with Crippen LogP contribution >= 0.6 is 0 Å². The van der Waals surface area contributed by atoms with Crippen LogP contribution in [-0.2, 0) is 12.0 Å². The van der Waals surface area contributed by atoms with E-state index in [1.807, 2.05) is 12.3 Å². The molecule has 5 atom stereocenters. The van der Waals surface area contributed by atoms with Crippen molar-refractivity contribution in [3.05, 3.63) is 29.6 Å². The van der Waals surface area contributed by atoms with Crippen LogP contribution in [0.1, 0.15) is 37.4 Å². The van der Waals surface area contributed by atoms with E-state index in [0.717, 1.165) is 31.7 Å². The molecule has 1 saturated carbocycles. The number of hydrogen-bond acceptors (Lipinski definition) is 3. The number of rotatable bonds is 0. The van der Waals surface area contributed by atoms with E-state index in [0.29, 0.717) is 11.8 Å². The summed E-state index contributed by atoms with van der Waals surface area (Å²) in [5, 5.41) is 14.3. The largest absolute Gasteiger partial charge is 0.393 e. The molecule has 0 radical (unpaired) electrons. The molecule has 1 aromatic heterocycles. The normalized spacial score (nSPS) is 44.3. The quantitative estimate of drug-likeness (QED) is 0.746. The molecule has 3 nitrogen and oxygen atoms in total. The molecule has 0 unspecified atom stereocenters. The van der Waals surface area contributed by atoms with Crippen LogP contribution in [0.4, 0.5) is 0 Å². The Hall–Kier alpha value is -0.930. The average molecular weight is 258 g/mol. The molecule has 3 heteroatoms. The zero-order valence-corrected chi connectivity index (χ0v) is 11.5. The van der Waals surface area contributed by atoms with Crippen LogP contribution in [0.25, 0.3) is 0 Å². The minimum absolute atomic E-state index is 0.0121. The molecule has 0 amide bonds. The summed E-state index contributed by atoms with van der Waals surface area (Å²) in [6, 6.07) is 4.28. The molecule has 0 aromatic carbocycles. The molecule has 2 heterocycles. The molecule has 1 aliphatic heterocycles. The molecule has 4 rings (SSSR count). The van der Waals surface area contributed by atoms with Crippen molar-refractivity contribution in [1.29, 1.82) is 0 Å². The lowest BCUT2D eigenvalue weighted by Crippen LogP contribution is -2.64. The van der Waals surface area contributed by atoms with Crippen LogP contribution in [0, 0.1) is 17.8 Å². The van der Waals surface area contributed by atoms with Crippen LogP contribution in [0.5, 0.6) is 0 Å². The highest BCUT2D eigenvalue weighted by Crippen LogP contribution is 2.55. The van der Waals surface area contributed by atoms with Crippen LogP contribution in [0.2, 0.25) is 0 Å². The molecule has 2 fully saturated rings. The second kappa shape index (κ2) is 4.03. The van der Waals surface area contributed by atoms with E-state index in [9.17, 15) is 5.11 Å². The van der Waals surface area contributed by atoms with Gasteiger partial charge in [-0.15, -0.1) is 0 Å². The first-order valence-electron chi connectivity index (χ1n) is 7.58. The number of aliphatic hydroxyl groups is 1. The first-order chi connectivity index (χ1) is 9.21. The molecule has 2 aliphatic carbocycles. The number of fused-ring (bicyclic) bond motifs is 1. The van der Waals surface area contributed by atoms with Crippen molar-refractivity contribution in [2.45, 2.75) is 44.2 Å². The van der Waals surface area contributed by atoms with E-state index in [1.165, 1.54) is 17.7 Å². The molecule has 2 N–H and O–H groups in total. The second-order valence-corrected chi connectivity index (χ2v) is 6.79. The number of nitrogens with one attached hydrogen (secondary N) is 1. The Balaban J connectivity index is 1.91. The number of aromatic nitrogens is 1. The first-order valence-corrected chi connectivity index (χ1v) is 7.58. The third-order valence-electron chi connectivity index (χ3n) is 5.57. The Morgan fingerprint density at radius 1 is 1.47 bits per heavy atom. The highest BCUT2D eigenvalue weighted by Gasteiger charge is 2.56. The Labute approximate surface area is 114 Å². The Kier molecular flexibility index (Phi) is 2.52. The fourth-order valence-electron chi connectivity index (χ4n) is 5.14. The molecular formula is C16H22N2O. The number of aliphatic hydroxyl groups excluding tert-OH is 1. The Morgan fingerprint density at radius 3 is 3.26 bits per heavy atom. The van der Waals surface area contributed by atoms with Gasteiger partial charge in [0.15, 0.2) is 0 Å². The van der Waals surface area contributed by atoms with Gasteiger partial charge in [0.1, 0.15) is 0 Å². The Bertz CT molecular complexity index is 503. The van der Waals surface area contributed by atoms with Gasteiger partial charge in [0.05, 0.1) is 11.6 Å². The summed E-state index contributed by atoms with van der Waals surface area (Å²) < 4.78 is 0. The van der Waals surface area contributed by atoms with E-state index in [-0.39, 0.29) is 11.6 Å². The van der Waals surface area contributed by atoms with E-state index in [1.54, 1.807) is 0 Å². The minimum Gasteiger partial charge on any atom is -0.393 e. The second-order valence-electron chi connectivity index (χ2n) is 6.79. The first kappa shape index (κ1) is 11.9. The predicted molar refractivity (Wildman–Crippen MR) is 73.6 cm³/mol. The summed E-state index contributed by atoms with van der Waals surface area (Å²) in [7, 11) is 0. The van der Waals surface area contributed by atoms with Crippen LogP contribution in [0.3, 0.4) is 0 Å². The van der Waals surface area contributed by atoms with Crippen molar-refractivity contribution in [2.75, 3.05) is 6.54 Å². The lowest BCUT2D eigenvalue weighted by Gasteiger charge is -2.58. The van der Waals surface area contributed by atoms with Crippen LogP contribution < -0.4 is 5.32 Å². The van der Waals surface area contributed by atoms with Crippen molar-refractivity contribution >= 4 is 0 Å². The Morgan fingerprint density at radius 2 is 2.37 bits per heavy atom. The fourth-order valence-corrected chi connectivity index (χ4v) is 5.14. The maximum atomic E-state index is 10.6. The van der Waals surface area contributed by atoms with Crippen molar-refractivity contribution < 1.29 is 5.11 Å². The smallest absolute Gasteiger partial charge is 0.0604 e. The third kappa shape index (κ3) is 1.55. The summed E-state index contributed by atoms with van der Waals surface area (Å²) in [5.41, 5.74) is 2.61. The van der Waals surface area contributed by atoms with Crippen molar-refractivity contribution in [2.24, 2.45) is 17.8 Å². The third-order valence-corrected chi connectivity index (χ3v) is 5.57. The van der Waals surface area contributed by atoms with Gasteiger partial charge in [-0.1, -0.05) is 13.0 Å². The van der Waals surface area contributed by atoms with Gasteiger partial charge in [0.25, 0.3) is 0 Å². The van der Waals surface area contributed by atoms with Gasteiger partial charge in [-0.25, -0.2) is 0 Å². The molecule has 19 heavy (non-hydrogen) atoms. The molecule has 2 bridgehead atoms. The zero-order valence-electron chi connectivity index (χ0n) is 11.5. The molecule has 3 aliphatic rings. The summed E-state index contributed by atoms with van der Waals surface area (Å²) >= 11 is 0. The molecule has 102 valence electrons. The SMILES string of the molecule is C[C@@H]1C[C@@H]2Cc3ncccc3[C@]3(C1)NCC[C@@H](O)[C@H]23. The van der Waals surface area contributed by atoms with Crippen LogP contribution in [0.15, 0.2) is 18.3 Å². The molecular weight excluding hydrogens is 236 g/mol. The molecule has 1 aromatic rings. The van der Waals surface area contributed by atoms with E-state index in [2.05, 4.69) is 23.3 Å². The van der Waals surface area contributed by atoms with Gasteiger partial charge in [0.2, 0.25) is 0 Å². The zero-order chi connectivity index (χ0) is 13.0. The maximum Gasteiger partial charge on any atom is 0.0604 e. The highest BCUT2D eigenvalue weighted by molar-refractivity contribution is 5.36. The van der Waals surface area contributed by atoms with E-state index < -0.39 is 0 Å². The van der Waals surface area contributed by atoms with Crippen molar-refractivity contribution in [3.63, 3.8) is 0 Å². The topological polar surface area (TPSA) is 45.2 Å². The van der Waals surface area contributed by atoms with Crippen molar-refractivity contribution in [3.8, 4) is 0 Å². The summed E-state index contributed by atoms with van der Waals surface area (Å²) in [6.45, 7) is 3.28. The van der Waals surface area contributed by atoms with Gasteiger partial charge in [0, 0.05) is 17.8 Å². The maximum absolute atomic E-state index is 10.6. The summed E-state index contributed by atoms with van der Waals surface area (Å²) in [6.07, 6.45) is 6.09. The average Bonchev–Trinajstić information content (AvgIpc) is 2.38. The monoisotopic (exact) mass is 258 g/mol. The minimum atomic E-state index is -0.146. The molecule has 0 spiro atoms. The highest BCUT2D eigenvalue weighted by atomic mass is 16.3. The van der Waals surface area contributed by atoms with E-state index >= 15 is 0 Å². The lowest BCUT2D eigenvalue weighted by atomic mass is 9.53. The summed E-state index contributed by atoms with van der Waals surface area (Å²) in [5.74, 6) is 1.70. The number of piperidine rings is 1. The summed E-state index contributed by atoms with van der Waals surface area (Å²) in [4.78, 5) is 4.62. The van der Waals surface area contributed by atoms with Crippen LogP contribution in [-0.4, -0.2) is 22.7 Å². The van der Waals surface area contributed by atoms with Gasteiger partial charge in [-0.3, -0.25) is 4.98 Å². The predicted octanol–water partition coefficient (Wildman–Crippen LogP) is 1.85. The standard InChI is InChI=1S/C16H22N2O/c1-10-7-11-8-13-12(3-2-5-17-13)16(9-10)15(11)14(19)4-6-18-16/h2-3,5,10-11,14-15,18-19H,4,6-9H2,1H3/t10-,11-,14-,15+,16+/m1/s1. The lowest BCUT2D eigenvalue weighted by molar-refractivity contribution is -0.0759. The fraction of sp³-hybridized carbons (Fsp3) is 0.688. The van der Waals surface area contributed by atoms with Gasteiger partial charge < -0.3 is 10.4 Å². The van der Waals surface area contributed by atoms with Gasteiger partial charge in [-0.2, -0.15) is 0 Å². The number of hydrogen-bond donors (Lipinski definition) is 2. The van der Waals surface area contributed by atoms with Crippen molar-refractivity contribution in [1.82, 2.24) is 10.3 Å². The number of pyridine rings is 1. The van der Waals surface area contributed by atoms with E-state index in [4.69, 9.17) is 0 Å². The van der Waals surface area contributed by atoms with Gasteiger partial charge in [-0.05, 0) is 55.7 Å².